The van der Waals surface area contributed by atoms with E-state index in [0.717, 1.165) is 5.56 Å². The minimum atomic E-state index is -3.08. The Hall–Kier alpha value is -0.620. The number of nitrogens with two attached hydrogens (primary N) is 1. The lowest BCUT2D eigenvalue weighted by atomic mass is 10.1. The van der Waals surface area contributed by atoms with Crippen LogP contribution in [-0.2, 0) is 9.84 Å². The van der Waals surface area contributed by atoms with Gasteiger partial charge in [0, 0.05) is 11.3 Å². The fraction of sp³-hybridized carbons (Fsp3) is 0.333. The smallest absolute Gasteiger partial charge is 0.149 e. The molecule has 0 bridgehead atoms. The maximum atomic E-state index is 11.1. The second kappa shape index (κ2) is 4.94. The van der Waals surface area contributed by atoms with Crippen LogP contribution in [0.3, 0.4) is 0 Å². The predicted molar refractivity (Wildman–Crippen MR) is 61.2 cm³/mol. The Kier molecular flexibility index (Phi) is 4.10. The molecular formula is C9H13ClN2O2S. The van der Waals surface area contributed by atoms with E-state index in [-0.39, 0.29) is 5.75 Å². The summed E-state index contributed by atoms with van der Waals surface area (Å²) in [6, 6.07) is 6.51. The van der Waals surface area contributed by atoms with Crippen LogP contribution in [0.5, 0.6) is 0 Å². The van der Waals surface area contributed by atoms with E-state index in [9.17, 15) is 8.42 Å². The van der Waals surface area contributed by atoms with Crippen molar-refractivity contribution >= 4 is 21.4 Å². The summed E-state index contributed by atoms with van der Waals surface area (Å²) in [6.07, 6.45) is 1.17. The van der Waals surface area contributed by atoms with Gasteiger partial charge < -0.3 is 0 Å². The standard InChI is InChI=1S/C9H13ClN2O2S/c1-15(13,14)6-9(12-11)7-3-2-4-8(10)5-7/h2-5,9,12H,6,11H2,1H3. The van der Waals surface area contributed by atoms with Gasteiger partial charge in [-0.25, -0.2) is 8.42 Å². The Morgan fingerprint density at radius 3 is 2.67 bits per heavy atom. The lowest BCUT2D eigenvalue weighted by molar-refractivity contribution is 0.564. The highest BCUT2D eigenvalue weighted by molar-refractivity contribution is 7.90. The lowest BCUT2D eigenvalue weighted by Gasteiger charge is -2.15. The summed E-state index contributed by atoms with van der Waals surface area (Å²) in [5.41, 5.74) is 3.22. The van der Waals surface area contributed by atoms with Gasteiger partial charge in [-0.15, -0.1) is 0 Å². The molecule has 0 saturated heterocycles. The maximum Gasteiger partial charge on any atom is 0.149 e. The van der Waals surface area contributed by atoms with Gasteiger partial charge in [-0.2, -0.15) is 0 Å². The largest absolute Gasteiger partial charge is 0.271 e. The molecule has 0 spiro atoms. The van der Waals surface area contributed by atoms with Crippen molar-refractivity contribution in [1.82, 2.24) is 5.43 Å². The van der Waals surface area contributed by atoms with Crippen molar-refractivity contribution < 1.29 is 8.42 Å². The van der Waals surface area contributed by atoms with Gasteiger partial charge in [-0.05, 0) is 17.7 Å². The molecule has 1 atom stereocenters. The third kappa shape index (κ3) is 4.17. The summed E-state index contributed by atoms with van der Waals surface area (Å²) in [7, 11) is -3.08. The summed E-state index contributed by atoms with van der Waals surface area (Å²) < 4.78 is 22.3. The van der Waals surface area contributed by atoms with Gasteiger partial charge in [0.2, 0.25) is 0 Å². The average molecular weight is 249 g/mol. The molecule has 15 heavy (non-hydrogen) atoms. The molecule has 0 amide bonds. The normalized spacial score (nSPS) is 13.8. The SMILES string of the molecule is CS(=O)(=O)CC(NN)c1cccc(Cl)c1. The van der Waals surface area contributed by atoms with Crippen LogP contribution in [0.15, 0.2) is 24.3 Å². The molecule has 0 heterocycles. The van der Waals surface area contributed by atoms with Gasteiger partial charge in [-0.3, -0.25) is 11.3 Å². The Morgan fingerprint density at radius 2 is 2.20 bits per heavy atom. The predicted octanol–water partition coefficient (Wildman–Crippen LogP) is 0.889. The molecule has 0 saturated carbocycles. The van der Waals surface area contributed by atoms with Crippen molar-refractivity contribution in [2.45, 2.75) is 6.04 Å². The fourth-order valence-corrected chi connectivity index (χ4v) is 2.36. The maximum absolute atomic E-state index is 11.1. The molecule has 1 rings (SSSR count). The monoisotopic (exact) mass is 248 g/mol. The zero-order chi connectivity index (χ0) is 11.5. The van der Waals surface area contributed by atoms with Crippen molar-refractivity contribution in [1.29, 1.82) is 0 Å². The van der Waals surface area contributed by atoms with Crippen LogP contribution in [0.1, 0.15) is 11.6 Å². The molecule has 1 aromatic carbocycles. The molecule has 4 nitrogen and oxygen atoms in total. The fourth-order valence-electron chi connectivity index (χ4n) is 1.27. The van der Waals surface area contributed by atoms with Gasteiger partial charge in [0.05, 0.1) is 11.8 Å². The summed E-state index contributed by atoms with van der Waals surface area (Å²) in [5, 5.41) is 0.557. The molecule has 0 aliphatic rings. The first-order valence-electron chi connectivity index (χ1n) is 4.31. The van der Waals surface area contributed by atoms with E-state index >= 15 is 0 Å². The van der Waals surface area contributed by atoms with Crippen molar-refractivity contribution in [3.05, 3.63) is 34.9 Å². The lowest BCUT2D eigenvalue weighted by Crippen LogP contribution is -2.32. The summed E-state index contributed by atoms with van der Waals surface area (Å²) in [4.78, 5) is 0. The second-order valence-electron chi connectivity index (χ2n) is 3.37. The first kappa shape index (κ1) is 12.4. The van der Waals surface area contributed by atoms with E-state index < -0.39 is 15.9 Å². The van der Waals surface area contributed by atoms with E-state index in [0.29, 0.717) is 5.02 Å². The molecule has 1 unspecified atom stereocenters. The van der Waals surface area contributed by atoms with E-state index in [4.69, 9.17) is 17.4 Å². The Balaban J connectivity index is 2.93. The van der Waals surface area contributed by atoms with Crippen LogP contribution < -0.4 is 11.3 Å². The van der Waals surface area contributed by atoms with Gasteiger partial charge in [0.1, 0.15) is 9.84 Å². The van der Waals surface area contributed by atoms with Gasteiger partial charge in [-0.1, -0.05) is 23.7 Å². The molecule has 84 valence electrons. The minimum absolute atomic E-state index is 0.0517. The topological polar surface area (TPSA) is 72.2 Å². The molecule has 1 aromatic rings. The molecule has 0 aliphatic heterocycles. The Bertz CT molecular complexity index is 433. The van der Waals surface area contributed by atoms with Crippen LogP contribution in [0.25, 0.3) is 0 Å². The second-order valence-corrected chi connectivity index (χ2v) is 5.99. The number of rotatable bonds is 4. The van der Waals surface area contributed by atoms with Crippen LogP contribution in [0.4, 0.5) is 0 Å². The average Bonchev–Trinajstić information content (AvgIpc) is 2.13. The molecule has 0 fully saturated rings. The third-order valence-corrected chi connectivity index (χ3v) is 3.10. The zero-order valence-corrected chi connectivity index (χ0v) is 9.85. The minimum Gasteiger partial charge on any atom is -0.271 e. The van der Waals surface area contributed by atoms with Crippen LogP contribution in [0, 0.1) is 0 Å². The number of sulfone groups is 1. The first-order chi connectivity index (χ1) is 6.92. The highest BCUT2D eigenvalue weighted by Gasteiger charge is 2.15. The van der Waals surface area contributed by atoms with Crippen molar-refractivity contribution in [3.8, 4) is 0 Å². The molecule has 0 aromatic heterocycles. The molecule has 6 heteroatoms. The van der Waals surface area contributed by atoms with Crippen molar-refractivity contribution in [3.63, 3.8) is 0 Å². The molecule has 0 aliphatic carbocycles. The molecule has 0 radical (unpaired) electrons. The van der Waals surface area contributed by atoms with E-state index in [1.54, 1.807) is 24.3 Å². The highest BCUT2D eigenvalue weighted by Crippen LogP contribution is 2.18. The number of hydrogen-bond acceptors (Lipinski definition) is 4. The van der Waals surface area contributed by atoms with Crippen LogP contribution in [0.2, 0.25) is 5.02 Å². The van der Waals surface area contributed by atoms with Gasteiger partial charge in [0.25, 0.3) is 0 Å². The number of hydrazine groups is 1. The first-order valence-corrected chi connectivity index (χ1v) is 6.75. The van der Waals surface area contributed by atoms with E-state index in [1.165, 1.54) is 6.26 Å². The summed E-state index contributed by atoms with van der Waals surface area (Å²) in [5.74, 6) is 5.25. The van der Waals surface area contributed by atoms with Gasteiger partial charge >= 0.3 is 0 Å². The van der Waals surface area contributed by atoms with Crippen molar-refractivity contribution in [2.24, 2.45) is 5.84 Å². The third-order valence-electron chi connectivity index (χ3n) is 1.92. The quantitative estimate of drug-likeness (QED) is 0.613. The van der Waals surface area contributed by atoms with E-state index in [1.807, 2.05) is 0 Å². The van der Waals surface area contributed by atoms with Crippen LogP contribution >= 0.6 is 11.6 Å². The highest BCUT2D eigenvalue weighted by atomic mass is 35.5. The zero-order valence-electron chi connectivity index (χ0n) is 8.27. The summed E-state index contributed by atoms with van der Waals surface area (Å²) in [6.45, 7) is 0. The Morgan fingerprint density at radius 1 is 1.53 bits per heavy atom. The Labute approximate surface area is 94.3 Å². The van der Waals surface area contributed by atoms with Crippen LogP contribution in [-0.4, -0.2) is 20.4 Å². The number of halogens is 1. The van der Waals surface area contributed by atoms with E-state index in [2.05, 4.69) is 5.43 Å². The molecule has 3 N–H and O–H groups in total. The molecular weight excluding hydrogens is 236 g/mol. The number of hydrogen-bond donors (Lipinski definition) is 2. The van der Waals surface area contributed by atoms with Gasteiger partial charge in [0.15, 0.2) is 0 Å². The number of benzene rings is 1. The van der Waals surface area contributed by atoms with Crippen molar-refractivity contribution in [2.75, 3.05) is 12.0 Å². The number of nitrogens with one attached hydrogen (secondary N) is 1. The summed E-state index contributed by atoms with van der Waals surface area (Å²) >= 11 is 5.80.